The zero-order valence-electron chi connectivity index (χ0n) is 25.5. The fraction of sp³-hybridized carbons (Fsp3) is 0.938. The molecule has 0 aromatic heterocycles. The number of rotatable bonds is 28. The van der Waals surface area contributed by atoms with Gasteiger partial charge in [-0.05, 0) is 26.7 Å². The average Bonchev–Trinajstić information content (AvgIpc) is 2.90. The summed E-state index contributed by atoms with van der Waals surface area (Å²) in [6.45, 7) is 11.5. The summed E-state index contributed by atoms with van der Waals surface area (Å²) in [5, 5.41) is 0. The van der Waals surface area contributed by atoms with E-state index in [4.69, 9.17) is 4.74 Å². The van der Waals surface area contributed by atoms with E-state index in [0.29, 0.717) is 13.1 Å². The van der Waals surface area contributed by atoms with Gasteiger partial charge in [0, 0.05) is 26.2 Å². The predicted octanol–water partition coefficient (Wildman–Crippen LogP) is 8.54. The molecule has 0 bridgehead atoms. The van der Waals surface area contributed by atoms with Crippen LogP contribution in [0.3, 0.4) is 0 Å². The maximum absolute atomic E-state index is 12.9. The third-order valence-electron chi connectivity index (χ3n) is 7.48. The third kappa shape index (κ3) is 22.6. The van der Waals surface area contributed by atoms with Crippen LogP contribution in [0.15, 0.2) is 0 Å². The van der Waals surface area contributed by atoms with Gasteiger partial charge in [-0.25, -0.2) is 0 Å². The molecule has 5 nitrogen and oxygen atoms in total. The van der Waals surface area contributed by atoms with Crippen LogP contribution in [0.4, 0.5) is 0 Å². The molecule has 0 aromatic rings. The first kappa shape index (κ1) is 35.9. The Bertz CT molecular complexity index is 484. The van der Waals surface area contributed by atoms with Crippen molar-refractivity contribution in [1.82, 2.24) is 9.80 Å². The molecule has 2 amide bonds. The molecular formula is C32H64N2O3. The number of likely N-dealkylation sites (N-methyl/N-ethyl adjacent to an activating group) is 1. The summed E-state index contributed by atoms with van der Waals surface area (Å²) in [4.78, 5) is 28.8. The van der Waals surface area contributed by atoms with E-state index in [-0.39, 0.29) is 25.0 Å². The van der Waals surface area contributed by atoms with Gasteiger partial charge in [0.15, 0.2) is 0 Å². The summed E-state index contributed by atoms with van der Waals surface area (Å²) in [6, 6.07) is 0. The molecule has 37 heavy (non-hydrogen) atoms. The summed E-state index contributed by atoms with van der Waals surface area (Å²) in [5.41, 5.74) is 0. The highest BCUT2D eigenvalue weighted by atomic mass is 16.5. The van der Waals surface area contributed by atoms with E-state index in [2.05, 4.69) is 13.8 Å². The Morgan fingerprint density at radius 1 is 0.432 bits per heavy atom. The second-order valence-corrected chi connectivity index (χ2v) is 10.8. The van der Waals surface area contributed by atoms with Gasteiger partial charge in [-0.3, -0.25) is 9.59 Å². The number of ether oxygens (including phenoxy) is 1. The van der Waals surface area contributed by atoms with Crippen LogP contribution in [0.2, 0.25) is 0 Å². The molecule has 0 aromatic carbocycles. The molecule has 0 aliphatic rings. The summed E-state index contributed by atoms with van der Waals surface area (Å²) < 4.78 is 5.54. The fourth-order valence-corrected chi connectivity index (χ4v) is 4.93. The Kier molecular flexibility index (Phi) is 27.1. The summed E-state index contributed by atoms with van der Waals surface area (Å²) >= 11 is 0. The van der Waals surface area contributed by atoms with Gasteiger partial charge >= 0.3 is 0 Å². The number of amides is 2. The van der Waals surface area contributed by atoms with Crippen LogP contribution in [0.25, 0.3) is 0 Å². The SMILES string of the molecule is CCCCCCCCCCCCN(CCCCCCCCCCCC)C(=O)COCC(=O)N(CC)CC. The fourth-order valence-electron chi connectivity index (χ4n) is 4.93. The van der Waals surface area contributed by atoms with Crippen molar-refractivity contribution in [3.8, 4) is 0 Å². The van der Waals surface area contributed by atoms with Gasteiger partial charge in [-0.1, -0.05) is 129 Å². The van der Waals surface area contributed by atoms with Gasteiger partial charge in [0.2, 0.25) is 11.8 Å². The van der Waals surface area contributed by atoms with Crippen molar-refractivity contribution in [3.63, 3.8) is 0 Å². The molecule has 5 heteroatoms. The first-order valence-electron chi connectivity index (χ1n) is 16.2. The summed E-state index contributed by atoms with van der Waals surface area (Å²) in [5.74, 6) is 0.00735. The second-order valence-electron chi connectivity index (χ2n) is 10.8. The first-order valence-corrected chi connectivity index (χ1v) is 16.2. The topological polar surface area (TPSA) is 49.9 Å². The molecule has 220 valence electrons. The van der Waals surface area contributed by atoms with Crippen molar-refractivity contribution in [1.29, 1.82) is 0 Å². The molecule has 0 aliphatic carbocycles. The molecule has 0 spiro atoms. The summed E-state index contributed by atoms with van der Waals surface area (Å²) in [6.07, 6.45) is 26.0. The van der Waals surface area contributed by atoms with Crippen molar-refractivity contribution < 1.29 is 14.3 Å². The number of unbranched alkanes of at least 4 members (excludes halogenated alkanes) is 18. The van der Waals surface area contributed by atoms with Gasteiger partial charge in [0.1, 0.15) is 13.2 Å². The number of carbonyl (C=O) groups is 2. The van der Waals surface area contributed by atoms with E-state index in [1.54, 1.807) is 4.90 Å². The van der Waals surface area contributed by atoms with Gasteiger partial charge in [-0.2, -0.15) is 0 Å². The quantitative estimate of drug-likeness (QED) is 0.0963. The Morgan fingerprint density at radius 2 is 0.730 bits per heavy atom. The lowest BCUT2D eigenvalue weighted by Crippen LogP contribution is -2.38. The molecule has 0 rings (SSSR count). The van der Waals surface area contributed by atoms with Crippen LogP contribution < -0.4 is 0 Å². The standard InChI is InChI=1S/C32H64N2O3/c1-5-9-11-13-15-17-19-21-23-25-27-34(28-26-24-22-20-18-16-14-12-10-6-2)32(36)30-37-29-31(35)33(7-3)8-4/h5-30H2,1-4H3. The smallest absolute Gasteiger partial charge is 0.248 e. The highest BCUT2D eigenvalue weighted by molar-refractivity contribution is 5.79. The molecule has 0 radical (unpaired) electrons. The van der Waals surface area contributed by atoms with Gasteiger partial charge < -0.3 is 14.5 Å². The minimum absolute atomic E-state index is 0.00221. The van der Waals surface area contributed by atoms with Gasteiger partial charge in [0.25, 0.3) is 0 Å². The Morgan fingerprint density at radius 3 is 1.05 bits per heavy atom. The van der Waals surface area contributed by atoms with E-state index < -0.39 is 0 Å². The van der Waals surface area contributed by atoms with Crippen LogP contribution in [0, 0.1) is 0 Å². The van der Waals surface area contributed by atoms with Crippen molar-refractivity contribution in [2.75, 3.05) is 39.4 Å². The van der Waals surface area contributed by atoms with Crippen LogP contribution >= 0.6 is 0 Å². The maximum Gasteiger partial charge on any atom is 0.248 e. The van der Waals surface area contributed by atoms with Crippen LogP contribution in [0.5, 0.6) is 0 Å². The van der Waals surface area contributed by atoms with Crippen molar-refractivity contribution in [2.24, 2.45) is 0 Å². The number of hydrogen-bond donors (Lipinski definition) is 0. The maximum atomic E-state index is 12.9. The van der Waals surface area contributed by atoms with Crippen molar-refractivity contribution >= 4 is 11.8 Å². The number of carbonyl (C=O) groups excluding carboxylic acids is 2. The van der Waals surface area contributed by atoms with Crippen LogP contribution in [-0.4, -0.2) is 61.0 Å². The van der Waals surface area contributed by atoms with Crippen molar-refractivity contribution in [3.05, 3.63) is 0 Å². The Hall–Kier alpha value is -1.10. The predicted molar refractivity (Wildman–Crippen MR) is 159 cm³/mol. The second kappa shape index (κ2) is 27.9. The zero-order chi connectivity index (χ0) is 27.4. The van der Waals surface area contributed by atoms with Crippen LogP contribution in [-0.2, 0) is 14.3 Å². The molecule has 0 atom stereocenters. The van der Waals surface area contributed by atoms with Crippen molar-refractivity contribution in [2.45, 2.75) is 156 Å². The highest BCUT2D eigenvalue weighted by Crippen LogP contribution is 2.13. The Labute approximate surface area is 231 Å². The van der Waals surface area contributed by atoms with Gasteiger partial charge in [0.05, 0.1) is 0 Å². The van der Waals surface area contributed by atoms with Gasteiger partial charge in [-0.15, -0.1) is 0 Å². The molecule has 0 aliphatic heterocycles. The molecule has 0 heterocycles. The zero-order valence-corrected chi connectivity index (χ0v) is 25.5. The molecule has 0 unspecified atom stereocenters. The molecule has 0 N–H and O–H groups in total. The minimum atomic E-state index is -0.0336. The van der Waals surface area contributed by atoms with E-state index >= 15 is 0 Å². The lowest BCUT2D eigenvalue weighted by Gasteiger charge is -2.23. The molecule has 0 fully saturated rings. The van der Waals surface area contributed by atoms with E-state index in [1.807, 2.05) is 18.7 Å². The Balaban J connectivity index is 4.24. The largest absolute Gasteiger partial charge is 0.362 e. The minimum Gasteiger partial charge on any atom is -0.362 e. The van der Waals surface area contributed by atoms with E-state index in [0.717, 1.165) is 25.9 Å². The molecule has 0 saturated carbocycles. The third-order valence-corrected chi connectivity index (χ3v) is 7.48. The van der Waals surface area contributed by atoms with E-state index in [9.17, 15) is 9.59 Å². The lowest BCUT2D eigenvalue weighted by atomic mass is 10.1. The highest BCUT2D eigenvalue weighted by Gasteiger charge is 2.15. The molecule has 0 saturated heterocycles. The summed E-state index contributed by atoms with van der Waals surface area (Å²) in [7, 11) is 0. The number of nitrogens with zero attached hydrogens (tertiary/aromatic N) is 2. The lowest BCUT2D eigenvalue weighted by molar-refractivity contribution is -0.142. The van der Waals surface area contributed by atoms with Crippen LogP contribution in [0.1, 0.15) is 156 Å². The average molecular weight is 525 g/mol. The first-order chi connectivity index (χ1) is 18.1. The van der Waals surface area contributed by atoms with E-state index in [1.165, 1.54) is 116 Å². The number of hydrogen-bond acceptors (Lipinski definition) is 3. The monoisotopic (exact) mass is 524 g/mol. The molecular weight excluding hydrogens is 460 g/mol. The normalized spacial score (nSPS) is 11.1.